The number of nitrogens with zero attached hydrogens (tertiary/aromatic N) is 3. The van der Waals surface area contributed by atoms with Crippen LogP contribution in [0.15, 0.2) is 24.4 Å². The minimum Gasteiger partial charge on any atom is -0.383 e. The number of fused-ring (bicyclic) bond motifs is 1. The zero-order chi connectivity index (χ0) is 15.7. The van der Waals surface area contributed by atoms with Crippen molar-refractivity contribution in [3.05, 3.63) is 35.5 Å². The van der Waals surface area contributed by atoms with E-state index >= 15 is 0 Å². The minimum absolute atomic E-state index is 0.550. The molecule has 3 rings (SSSR count). The van der Waals surface area contributed by atoms with Gasteiger partial charge in [0.15, 0.2) is 0 Å². The van der Waals surface area contributed by atoms with E-state index in [1.165, 1.54) is 22.2 Å². The molecule has 0 spiro atoms. The molecule has 0 aliphatic carbocycles. The molecular weight excluding hydrogens is 272 g/mol. The Morgan fingerprint density at radius 2 is 2.00 bits per heavy atom. The topological polar surface area (TPSA) is 31.4 Å². The highest BCUT2D eigenvalue weighted by molar-refractivity contribution is 5.93. The molecule has 2 heterocycles. The van der Waals surface area contributed by atoms with E-state index in [9.17, 15) is 0 Å². The maximum absolute atomic E-state index is 4.57. The van der Waals surface area contributed by atoms with Crippen LogP contribution < -0.4 is 5.32 Å². The van der Waals surface area contributed by atoms with Crippen LogP contribution in [0.2, 0.25) is 0 Å². The smallest absolute Gasteiger partial charge is 0.0754 e. The molecule has 4 nitrogen and oxygen atoms in total. The fraction of sp³-hybridized carbons (Fsp3) is 0.500. The third-order valence-corrected chi connectivity index (χ3v) is 4.95. The zero-order valence-corrected chi connectivity index (χ0v) is 14.1. The van der Waals surface area contributed by atoms with Gasteiger partial charge in [-0.05, 0) is 45.1 Å². The highest BCUT2D eigenvalue weighted by Gasteiger charge is 2.21. The Labute approximate surface area is 133 Å². The molecule has 1 aliphatic rings. The second kappa shape index (κ2) is 6.23. The molecule has 0 radical (unpaired) electrons. The van der Waals surface area contributed by atoms with E-state index in [4.69, 9.17) is 0 Å². The maximum atomic E-state index is 4.57. The van der Waals surface area contributed by atoms with Gasteiger partial charge in [0.05, 0.1) is 5.52 Å². The molecule has 1 N–H and O–H groups in total. The predicted octanol–water partition coefficient (Wildman–Crippen LogP) is 2.51. The van der Waals surface area contributed by atoms with Gasteiger partial charge in [0.1, 0.15) is 0 Å². The van der Waals surface area contributed by atoms with Gasteiger partial charge in [-0.25, -0.2) is 0 Å². The molecule has 1 aliphatic heterocycles. The van der Waals surface area contributed by atoms with Crippen LogP contribution in [0.5, 0.6) is 0 Å². The third-order valence-electron chi connectivity index (χ3n) is 4.95. The molecule has 1 saturated heterocycles. The summed E-state index contributed by atoms with van der Waals surface area (Å²) < 4.78 is 0. The molecule has 118 valence electrons. The number of aromatic nitrogens is 1. The highest BCUT2D eigenvalue weighted by atomic mass is 15.3. The summed E-state index contributed by atoms with van der Waals surface area (Å²) in [4.78, 5) is 9.42. The second-order valence-electron chi connectivity index (χ2n) is 6.54. The van der Waals surface area contributed by atoms with E-state index < -0.39 is 0 Å². The lowest BCUT2D eigenvalue weighted by molar-refractivity contribution is 0.122. The van der Waals surface area contributed by atoms with Gasteiger partial charge < -0.3 is 10.2 Å². The summed E-state index contributed by atoms with van der Waals surface area (Å²) in [5.41, 5.74) is 4.87. The van der Waals surface area contributed by atoms with Crippen molar-refractivity contribution in [3.63, 3.8) is 0 Å². The molecule has 1 aromatic carbocycles. The molecule has 4 heteroatoms. The number of pyridine rings is 1. The Morgan fingerprint density at radius 1 is 1.18 bits per heavy atom. The zero-order valence-electron chi connectivity index (χ0n) is 14.1. The predicted molar refractivity (Wildman–Crippen MR) is 93.6 cm³/mol. The SMILES string of the molecule is Cc1ccc2c(NCC3CN(C)CCN3C)ccnc2c1C. The standard InChI is InChI=1S/C18H26N4/c1-13-5-6-16-17(7-8-19-18(16)14(13)2)20-11-15-12-21(3)9-10-22(15)4/h5-8,15H,9-12H2,1-4H3,(H,19,20). The molecule has 1 aromatic heterocycles. The summed E-state index contributed by atoms with van der Waals surface area (Å²) in [5, 5.41) is 4.87. The van der Waals surface area contributed by atoms with Crippen LogP contribution in [0.4, 0.5) is 5.69 Å². The van der Waals surface area contributed by atoms with Crippen LogP contribution in [0.25, 0.3) is 10.9 Å². The average Bonchev–Trinajstić information content (AvgIpc) is 2.52. The number of rotatable bonds is 3. The monoisotopic (exact) mass is 298 g/mol. The molecule has 0 saturated carbocycles. The van der Waals surface area contributed by atoms with Crippen LogP contribution in [-0.2, 0) is 0 Å². The van der Waals surface area contributed by atoms with Crippen LogP contribution in [-0.4, -0.2) is 61.1 Å². The molecule has 1 unspecified atom stereocenters. The van der Waals surface area contributed by atoms with Gasteiger partial charge in [-0.1, -0.05) is 12.1 Å². The fourth-order valence-electron chi connectivity index (χ4n) is 3.16. The Kier molecular flexibility index (Phi) is 4.32. The normalized spacial score (nSPS) is 20.5. The van der Waals surface area contributed by atoms with Gasteiger partial charge >= 0.3 is 0 Å². The van der Waals surface area contributed by atoms with E-state index in [2.05, 4.69) is 66.2 Å². The summed E-state index contributed by atoms with van der Waals surface area (Å²) in [6.07, 6.45) is 1.91. The van der Waals surface area contributed by atoms with E-state index in [0.717, 1.165) is 31.7 Å². The van der Waals surface area contributed by atoms with E-state index in [1.807, 2.05) is 6.20 Å². The molecule has 1 atom stereocenters. The Bertz CT molecular complexity index is 667. The first kappa shape index (κ1) is 15.3. The number of benzene rings is 1. The van der Waals surface area contributed by atoms with Crippen molar-refractivity contribution in [2.75, 3.05) is 45.6 Å². The van der Waals surface area contributed by atoms with Gasteiger partial charge in [0.2, 0.25) is 0 Å². The van der Waals surface area contributed by atoms with E-state index in [-0.39, 0.29) is 0 Å². The summed E-state index contributed by atoms with van der Waals surface area (Å²) in [6, 6.07) is 7.01. The van der Waals surface area contributed by atoms with Crippen molar-refractivity contribution in [2.24, 2.45) is 0 Å². The number of aryl methyl sites for hydroxylation is 2. The van der Waals surface area contributed by atoms with Gasteiger partial charge in [-0.15, -0.1) is 0 Å². The number of piperazine rings is 1. The average molecular weight is 298 g/mol. The van der Waals surface area contributed by atoms with Crippen LogP contribution in [0.1, 0.15) is 11.1 Å². The van der Waals surface area contributed by atoms with Crippen molar-refractivity contribution in [1.29, 1.82) is 0 Å². The maximum Gasteiger partial charge on any atom is 0.0754 e. The number of nitrogens with one attached hydrogen (secondary N) is 1. The molecular formula is C18H26N4. The first-order valence-electron chi connectivity index (χ1n) is 8.04. The first-order chi connectivity index (χ1) is 10.6. The summed E-state index contributed by atoms with van der Waals surface area (Å²) >= 11 is 0. The highest BCUT2D eigenvalue weighted by Crippen LogP contribution is 2.26. The summed E-state index contributed by atoms with van der Waals surface area (Å²) in [5.74, 6) is 0. The largest absolute Gasteiger partial charge is 0.383 e. The van der Waals surface area contributed by atoms with Crippen molar-refractivity contribution in [3.8, 4) is 0 Å². The lowest BCUT2D eigenvalue weighted by Crippen LogP contribution is -2.52. The number of hydrogen-bond acceptors (Lipinski definition) is 4. The fourth-order valence-corrected chi connectivity index (χ4v) is 3.16. The van der Waals surface area contributed by atoms with Crippen LogP contribution in [0, 0.1) is 13.8 Å². The van der Waals surface area contributed by atoms with Crippen molar-refractivity contribution in [1.82, 2.24) is 14.8 Å². The third kappa shape index (κ3) is 2.94. The van der Waals surface area contributed by atoms with E-state index in [1.54, 1.807) is 0 Å². The van der Waals surface area contributed by atoms with E-state index in [0.29, 0.717) is 6.04 Å². The lowest BCUT2D eigenvalue weighted by atomic mass is 10.0. The quantitative estimate of drug-likeness (QED) is 0.943. The molecule has 0 amide bonds. The van der Waals surface area contributed by atoms with Gasteiger partial charge in [-0.3, -0.25) is 9.88 Å². The Hall–Kier alpha value is -1.65. The summed E-state index contributed by atoms with van der Waals surface area (Å²) in [7, 11) is 4.42. The second-order valence-corrected chi connectivity index (χ2v) is 6.54. The molecule has 22 heavy (non-hydrogen) atoms. The Balaban J connectivity index is 1.81. The molecule has 2 aromatic rings. The first-order valence-corrected chi connectivity index (χ1v) is 8.04. The van der Waals surface area contributed by atoms with Crippen molar-refractivity contribution >= 4 is 16.6 Å². The van der Waals surface area contributed by atoms with Crippen molar-refractivity contribution in [2.45, 2.75) is 19.9 Å². The number of anilines is 1. The molecule has 1 fully saturated rings. The van der Waals surface area contributed by atoms with Gasteiger partial charge in [-0.2, -0.15) is 0 Å². The lowest BCUT2D eigenvalue weighted by Gasteiger charge is -2.38. The summed E-state index contributed by atoms with van der Waals surface area (Å²) in [6.45, 7) is 8.67. The Morgan fingerprint density at radius 3 is 2.82 bits per heavy atom. The van der Waals surface area contributed by atoms with Crippen molar-refractivity contribution < 1.29 is 0 Å². The molecule has 0 bridgehead atoms. The number of hydrogen-bond donors (Lipinski definition) is 1. The van der Waals surface area contributed by atoms with Crippen LogP contribution >= 0.6 is 0 Å². The van der Waals surface area contributed by atoms with Crippen LogP contribution in [0.3, 0.4) is 0 Å². The van der Waals surface area contributed by atoms with Gasteiger partial charge in [0, 0.05) is 49.5 Å². The number of likely N-dealkylation sites (N-methyl/N-ethyl adjacent to an activating group) is 2. The minimum atomic E-state index is 0.550. The van der Waals surface area contributed by atoms with Gasteiger partial charge in [0.25, 0.3) is 0 Å².